The third-order valence-electron chi connectivity index (χ3n) is 4.53. The summed E-state index contributed by atoms with van der Waals surface area (Å²) in [7, 11) is 0. The molecule has 0 bridgehead atoms. The number of carbonyl (C=O) groups is 2. The lowest BCUT2D eigenvalue weighted by Crippen LogP contribution is -2.16. The van der Waals surface area contributed by atoms with Crippen LogP contribution >= 0.6 is 0 Å². The van der Waals surface area contributed by atoms with Gasteiger partial charge in [-0.1, -0.05) is 60.7 Å². The SMILES string of the molecule is CCn1cnc(N=Cc2ccccc2)c1C(N)=O.NC(=O)c1[nH]cnc1N=Cc1ccccc1. The predicted octanol–water partition coefficient (Wildman–Crippen LogP) is 3.01. The number of benzene rings is 2. The van der Waals surface area contributed by atoms with Crippen molar-refractivity contribution in [3.63, 3.8) is 0 Å². The molecule has 0 unspecified atom stereocenters. The van der Waals surface area contributed by atoms with E-state index in [0.29, 0.717) is 23.9 Å². The second kappa shape index (κ2) is 11.7. The molecule has 4 rings (SSSR count). The van der Waals surface area contributed by atoms with Crippen molar-refractivity contribution in [1.82, 2.24) is 19.5 Å². The molecule has 2 heterocycles. The largest absolute Gasteiger partial charge is 0.364 e. The summed E-state index contributed by atoms with van der Waals surface area (Å²) < 4.78 is 1.68. The van der Waals surface area contributed by atoms with E-state index < -0.39 is 11.8 Å². The first-order chi connectivity index (χ1) is 16.5. The molecule has 10 heteroatoms. The van der Waals surface area contributed by atoms with Crippen LogP contribution in [-0.2, 0) is 6.54 Å². The van der Waals surface area contributed by atoms with Crippen molar-refractivity contribution in [2.24, 2.45) is 21.5 Å². The van der Waals surface area contributed by atoms with Crippen molar-refractivity contribution < 1.29 is 9.59 Å². The summed E-state index contributed by atoms with van der Waals surface area (Å²) in [5.74, 6) is -0.433. The van der Waals surface area contributed by atoms with Gasteiger partial charge in [-0.2, -0.15) is 0 Å². The van der Waals surface area contributed by atoms with E-state index in [4.69, 9.17) is 11.5 Å². The molecule has 34 heavy (non-hydrogen) atoms. The van der Waals surface area contributed by atoms with E-state index in [2.05, 4.69) is 24.9 Å². The number of carbonyl (C=O) groups excluding carboxylic acids is 2. The lowest BCUT2D eigenvalue weighted by Gasteiger charge is -2.00. The highest BCUT2D eigenvalue weighted by Gasteiger charge is 2.14. The minimum atomic E-state index is -0.572. The van der Waals surface area contributed by atoms with Gasteiger partial charge in [0.25, 0.3) is 11.8 Å². The fourth-order valence-corrected chi connectivity index (χ4v) is 2.87. The van der Waals surface area contributed by atoms with Gasteiger partial charge < -0.3 is 21.0 Å². The number of nitrogens with zero attached hydrogens (tertiary/aromatic N) is 5. The number of imidazole rings is 2. The Kier molecular flexibility index (Phi) is 8.17. The van der Waals surface area contributed by atoms with Crippen molar-refractivity contribution in [3.8, 4) is 0 Å². The molecular formula is C24H24N8O2. The van der Waals surface area contributed by atoms with Crippen LogP contribution in [0.4, 0.5) is 11.6 Å². The second-order valence-electron chi connectivity index (χ2n) is 6.87. The lowest BCUT2D eigenvalue weighted by atomic mass is 10.2. The number of aromatic amines is 1. The van der Waals surface area contributed by atoms with E-state index in [0.717, 1.165) is 11.1 Å². The monoisotopic (exact) mass is 456 g/mol. The number of aromatic nitrogens is 4. The highest BCUT2D eigenvalue weighted by molar-refractivity contribution is 5.97. The van der Waals surface area contributed by atoms with Gasteiger partial charge in [-0.25, -0.2) is 20.0 Å². The van der Waals surface area contributed by atoms with Crippen LogP contribution in [0.25, 0.3) is 0 Å². The van der Waals surface area contributed by atoms with Gasteiger partial charge >= 0.3 is 0 Å². The summed E-state index contributed by atoms with van der Waals surface area (Å²) in [5.41, 5.74) is 12.9. The average molecular weight is 457 g/mol. The van der Waals surface area contributed by atoms with Crippen LogP contribution in [0.15, 0.2) is 83.3 Å². The minimum Gasteiger partial charge on any atom is -0.364 e. The molecule has 2 aromatic carbocycles. The summed E-state index contributed by atoms with van der Waals surface area (Å²) in [6, 6.07) is 19.1. The molecule has 0 fully saturated rings. The Morgan fingerprint density at radius 1 is 0.882 bits per heavy atom. The molecule has 0 aliphatic heterocycles. The maximum Gasteiger partial charge on any atom is 0.269 e. The number of hydrogen-bond acceptors (Lipinski definition) is 6. The zero-order chi connectivity index (χ0) is 24.3. The Hall–Kier alpha value is -4.86. The molecule has 0 saturated heterocycles. The van der Waals surface area contributed by atoms with Gasteiger partial charge in [0.05, 0.1) is 12.7 Å². The summed E-state index contributed by atoms with van der Waals surface area (Å²) in [6.07, 6.45) is 6.24. The molecule has 2 amide bonds. The maximum absolute atomic E-state index is 11.4. The summed E-state index contributed by atoms with van der Waals surface area (Å²) >= 11 is 0. The third kappa shape index (κ3) is 6.33. The van der Waals surface area contributed by atoms with E-state index in [1.165, 1.54) is 6.33 Å². The smallest absolute Gasteiger partial charge is 0.269 e. The summed E-state index contributed by atoms with van der Waals surface area (Å²) in [4.78, 5) is 41.3. The van der Waals surface area contributed by atoms with E-state index in [-0.39, 0.29) is 5.69 Å². The zero-order valence-electron chi connectivity index (χ0n) is 18.5. The molecule has 0 radical (unpaired) electrons. The van der Waals surface area contributed by atoms with Crippen LogP contribution < -0.4 is 11.5 Å². The molecule has 2 aromatic heterocycles. The molecule has 0 spiro atoms. The van der Waals surface area contributed by atoms with Gasteiger partial charge in [0.1, 0.15) is 0 Å². The van der Waals surface area contributed by atoms with Gasteiger partial charge in [0.15, 0.2) is 23.0 Å². The predicted molar refractivity (Wildman–Crippen MR) is 131 cm³/mol. The number of rotatable bonds is 7. The lowest BCUT2D eigenvalue weighted by molar-refractivity contribution is 0.0986. The Labute approximate surface area is 196 Å². The van der Waals surface area contributed by atoms with Crippen molar-refractivity contribution in [3.05, 3.63) is 95.8 Å². The number of primary amides is 2. The van der Waals surface area contributed by atoms with Crippen LogP contribution in [0.3, 0.4) is 0 Å². The van der Waals surface area contributed by atoms with E-state index >= 15 is 0 Å². The van der Waals surface area contributed by atoms with Gasteiger partial charge in [-0.15, -0.1) is 0 Å². The highest BCUT2D eigenvalue weighted by atomic mass is 16.1. The molecule has 0 saturated carbocycles. The Balaban J connectivity index is 0.000000192. The quantitative estimate of drug-likeness (QED) is 0.365. The standard InChI is InChI=1S/C13H14N4O.C11H10N4O/c1-2-17-9-16-13(11(17)12(14)18)15-8-10-6-4-3-5-7-10;12-10(16)9-11(15-7-14-9)13-6-8-4-2-1-3-5-8/h3-9H,2H2,1H3,(H2,14,18);1-7H,(H2,12,16)(H,14,15). The van der Waals surface area contributed by atoms with Gasteiger partial charge in [0.2, 0.25) is 0 Å². The average Bonchev–Trinajstić information content (AvgIpc) is 3.50. The number of amides is 2. The fourth-order valence-electron chi connectivity index (χ4n) is 2.87. The molecule has 0 atom stereocenters. The molecule has 0 aliphatic rings. The number of aryl methyl sites for hydroxylation is 1. The number of aliphatic imine (C=N–C) groups is 2. The van der Waals surface area contributed by atoms with E-state index in [9.17, 15) is 9.59 Å². The maximum atomic E-state index is 11.4. The zero-order valence-corrected chi connectivity index (χ0v) is 18.5. The van der Waals surface area contributed by atoms with Crippen LogP contribution in [0.2, 0.25) is 0 Å². The first-order valence-electron chi connectivity index (χ1n) is 10.4. The number of hydrogen-bond donors (Lipinski definition) is 3. The van der Waals surface area contributed by atoms with Crippen molar-refractivity contribution in [2.75, 3.05) is 0 Å². The first kappa shape index (κ1) is 23.8. The minimum absolute atomic E-state index is 0.215. The Bertz CT molecular complexity index is 1290. The highest BCUT2D eigenvalue weighted by Crippen LogP contribution is 2.16. The van der Waals surface area contributed by atoms with Crippen LogP contribution in [0, 0.1) is 0 Å². The van der Waals surface area contributed by atoms with Crippen molar-refractivity contribution in [1.29, 1.82) is 0 Å². The van der Waals surface area contributed by atoms with Crippen LogP contribution in [0.1, 0.15) is 39.0 Å². The van der Waals surface area contributed by atoms with Gasteiger partial charge in [-0.05, 0) is 18.1 Å². The normalized spacial score (nSPS) is 10.9. The second-order valence-corrected chi connectivity index (χ2v) is 6.87. The topological polar surface area (TPSA) is 157 Å². The first-order valence-corrected chi connectivity index (χ1v) is 10.4. The number of H-pyrrole nitrogens is 1. The van der Waals surface area contributed by atoms with E-state index in [1.807, 2.05) is 67.6 Å². The van der Waals surface area contributed by atoms with Crippen molar-refractivity contribution >= 4 is 35.9 Å². The van der Waals surface area contributed by atoms with Crippen LogP contribution in [-0.4, -0.2) is 43.8 Å². The molecule has 5 N–H and O–H groups in total. The Morgan fingerprint density at radius 3 is 1.94 bits per heavy atom. The number of nitrogens with two attached hydrogens (primary N) is 2. The molecule has 10 nitrogen and oxygen atoms in total. The molecular weight excluding hydrogens is 432 g/mol. The summed E-state index contributed by atoms with van der Waals surface area (Å²) in [6.45, 7) is 2.55. The third-order valence-corrected chi connectivity index (χ3v) is 4.53. The number of nitrogens with one attached hydrogen (secondary N) is 1. The summed E-state index contributed by atoms with van der Waals surface area (Å²) in [5, 5.41) is 0. The Morgan fingerprint density at radius 2 is 1.44 bits per heavy atom. The van der Waals surface area contributed by atoms with Gasteiger partial charge in [0, 0.05) is 19.0 Å². The van der Waals surface area contributed by atoms with E-state index in [1.54, 1.807) is 23.3 Å². The van der Waals surface area contributed by atoms with Crippen LogP contribution in [0.5, 0.6) is 0 Å². The molecule has 4 aromatic rings. The molecule has 0 aliphatic carbocycles. The fraction of sp³-hybridized carbons (Fsp3) is 0.0833. The van der Waals surface area contributed by atoms with Gasteiger partial charge in [-0.3, -0.25) is 9.59 Å². The van der Waals surface area contributed by atoms with Crippen molar-refractivity contribution in [2.45, 2.75) is 13.5 Å². The molecule has 172 valence electrons.